The molecule has 1 amide bonds. The van der Waals surface area contributed by atoms with Gasteiger partial charge in [0.1, 0.15) is 11.6 Å². The first-order valence-corrected chi connectivity index (χ1v) is 6.48. The Morgan fingerprint density at radius 1 is 1.45 bits per heavy atom. The number of nitrogens with two attached hydrogens (primary N) is 1. The zero-order chi connectivity index (χ0) is 14.7. The molecule has 0 unspecified atom stereocenters. The number of hydrogen-bond donors (Lipinski definition) is 2. The molecule has 0 radical (unpaired) electrons. The summed E-state index contributed by atoms with van der Waals surface area (Å²) in [5, 5.41) is 0. The molecule has 2 aromatic heterocycles. The van der Waals surface area contributed by atoms with Crippen LogP contribution in [0.5, 0.6) is 0 Å². The maximum atomic E-state index is 12.4. The number of nitrogen functional groups attached to an aromatic ring is 1. The number of nitrogens with zero attached hydrogens (tertiary/aromatic N) is 3. The fourth-order valence-corrected chi connectivity index (χ4v) is 1.89. The maximum absolute atomic E-state index is 12.4. The van der Waals surface area contributed by atoms with E-state index in [-0.39, 0.29) is 11.8 Å². The van der Waals surface area contributed by atoms with Gasteiger partial charge >= 0.3 is 0 Å². The molecule has 0 aliphatic heterocycles. The zero-order valence-corrected chi connectivity index (χ0v) is 11.9. The topological polar surface area (TPSA) is 87.9 Å². The molecule has 3 N–H and O–H groups in total. The number of pyridine rings is 1. The molecule has 2 heterocycles. The van der Waals surface area contributed by atoms with Crippen molar-refractivity contribution in [1.29, 1.82) is 0 Å². The minimum absolute atomic E-state index is 0.0996. The van der Waals surface area contributed by atoms with Gasteiger partial charge in [-0.25, -0.2) is 9.97 Å². The van der Waals surface area contributed by atoms with Crippen LogP contribution in [0.2, 0.25) is 0 Å². The number of amides is 1. The summed E-state index contributed by atoms with van der Waals surface area (Å²) in [5.74, 6) is 1.23. The van der Waals surface area contributed by atoms with Crippen LogP contribution in [-0.4, -0.2) is 32.8 Å². The third-order valence-corrected chi connectivity index (χ3v) is 2.99. The summed E-state index contributed by atoms with van der Waals surface area (Å²) in [4.78, 5) is 25.3. The summed E-state index contributed by atoms with van der Waals surface area (Å²) in [6.07, 6.45) is 3.39. The van der Waals surface area contributed by atoms with Crippen LogP contribution in [0.4, 0.5) is 5.82 Å². The van der Waals surface area contributed by atoms with E-state index in [4.69, 9.17) is 5.73 Å². The van der Waals surface area contributed by atoms with Crippen molar-refractivity contribution < 1.29 is 4.79 Å². The minimum atomic E-state index is -0.0996. The summed E-state index contributed by atoms with van der Waals surface area (Å²) in [7, 11) is 1.73. The highest BCUT2D eigenvalue weighted by Crippen LogP contribution is 2.17. The van der Waals surface area contributed by atoms with E-state index in [2.05, 4.69) is 15.0 Å². The highest BCUT2D eigenvalue weighted by atomic mass is 16.2. The highest BCUT2D eigenvalue weighted by Gasteiger charge is 2.15. The van der Waals surface area contributed by atoms with Gasteiger partial charge in [-0.2, -0.15) is 0 Å². The molecular formula is C14H19N5O. The Hall–Kier alpha value is -2.37. The molecule has 0 saturated carbocycles. The van der Waals surface area contributed by atoms with Crippen LogP contribution in [0.1, 0.15) is 41.6 Å². The van der Waals surface area contributed by atoms with Gasteiger partial charge in [-0.15, -0.1) is 0 Å². The summed E-state index contributed by atoms with van der Waals surface area (Å²) < 4.78 is 0. The third kappa shape index (κ3) is 3.14. The number of carbonyl (C=O) groups excluding carboxylic acids is 1. The molecular weight excluding hydrogens is 254 g/mol. The summed E-state index contributed by atoms with van der Waals surface area (Å²) in [6.45, 7) is 4.45. The second-order valence-corrected chi connectivity index (χ2v) is 5.06. The van der Waals surface area contributed by atoms with Crippen molar-refractivity contribution in [3.05, 3.63) is 41.6 Å². The van der Waals surface area contributed by atoms with Crippen molar-refractivity contribution in [3.8, 4) is 0 Å². The first-order chi connectivity index (χ1) is 9.47. The second-order valence-electron chi connectivity index (χ2n) is 5.06. The van der Waals surface area contributed by atoms with Crippen LogP contribution >= 0.6 is 0 Å². The number of aromatic nitrogens is 3. The fourth-order valence-electron chi connectivity index (χ4n) is 1.89. The Kier molecular flexibility index (Phi) is 4.02. The molecule has 0 aromatic carbocycles. The standard InChI is InChI=1S/C14H19N5O/c1-9(2)11-6-10(7-12(15)18-11)14(20)19(3)8-13-16-4-5-17-13/h4-7,9H,8H2,1-3H3,(H2,15,18)(H,16,17). The number of carbonyl (C=O) groups is 1. The van der Waals surface area contributed by atoms with E-state index in [0.29, 0.717) is 17.9 Å². The van der Waals surface area contributed by atoms with Crippen LogP contribution in [0, 0.1) is 0 Å². The van der Waals surface area contributed by atoms with Crippen LogP contribution in [0.3, 0.4) is 0 Å². The van der Waals surface area contributed by atoms with Gasteiger partial charge in [0.05, 0.1) is 6.54 Å². The van der Waals surface area contributed by atoms with Gasteiger partial charge in [-0.1, -0.05) is 13.8 Å². The molecule has 6 nitrogen and oxygen atoms in total. The molecule has 0 aliphatic rings. The average molecular weight is 273 g/mol. The molecule has 2 rings (SSSR count). The monoisotopic (exact) mass is 273 g/mol. The zero-order valence-electron chi connectivity index (χ0n) is 11.9. The van der Waals surface area contributed by atoms with E-state index in [1.165, 1.54) is 0 Å². The number of hydrogen-bond acceptors (Lipinski definition) is 4. The fraction of sp³-hybridized carbons (Fsp3) is 0.357. The number of imidazole rings is 1. The molecule has 0 saturated heterocycles. The lowest BCUT2D eigenvalue weighted by molar-refractivity contribution is 0.0781. The van der Waals surface area contributed by atoms with Crippen molar-refractivity contribution in [3.63, 3.8) is 0 Å². The van der Waals surface area contributed by atoms with Gasteiger partial charge in [0.25, 0.3) is 5.91 Å². The van der Waals surface area contributed by atoms with E-state index in [9.17, 15) is 4.79 Å². The van der Waals surface area contributed by atoms with Crippen molar-refractivity contribution in [2.24, 2.45) is 0 Å². The predicted octanol–water partition coefficient (Wildman–Crippen LogP) is 1.78. The number of anilines is 1. The van der Waals surface area contributed by atoms with Crippen molar-refractivity contribution in [2.45, 2.75) is 26.3 Å². The van der Waals surface area contributed by atoms with E-state index < -0.39 is 0 Å². The van der Waals surface area contributed by atoms with Gasteiger partial charge < -0.3 is 15.6 Å². The van der Waals surface area contributed by atoms with Crippen LogP contribution in [0.15, 0.2) is 24.5 Å². The lowest BCUT2D eigenvalue weighted by atomic mass is 10.1. The Morgan fingerprint density at radius 2 is 2.20 bits per heavy atom. The largest absolute Gasteiger partial charge is 0.384 e. The molecule has 2 aromatic rings. The quantitative estimate of drug-likeness (QED) is 0.888. The smallest absolute Gasteiger partial charge is 0.254 e. The first-order valence-electron chi connectivity index (χ1n) is 6.48. The van der Waals surface area contributed by atoms with Crippen LogP contribution in [0.25, 0.3) is 0 Å². The average Bonchev–Trinajstić information content (AvgIpc) is 2.89. The second kappa shape index (κ2) is 5.73. The Bertz CT molecular complexity index is 592. The number of rotatable bonds is 4. The number of aromatic amines is 1. The van der Waals surface area contributed by atoms with E-state index >= 15 is 0 Å². The van der Waals surface area contributed by atoms with Gasteiger partial charge in [0.2, 0.25) is 0 Å². The van der Waals surface area contributed by atoms with Gasteiger partial charge in [-0.3, -0.25) is 4.79 Å². The predicted molar refractivity (Wildman–Crippen MR) is 77.1 cm³/mol. The molecule has 0 aliphatic carbocycles. The first kappa shape index (κ1) is 14.0. The van der Waals surface area contributed by atoms with Crippen molar-refractivity contribution in [1.82, 2.24) is 19.9 Å². The summed E-state index contributed by atoms with van der Waals surface area (Å²) >= 11 is 0. The Morgan fingerprint density at radius 3 is 2.80 bits per heavy atom. The molecule has 0 fully saturated rings. The number of nitrogens with one attached hydrogen (secondary N) is 1. The molecule has 106 valence electrons. The Balaban J connectivity index is 2.19. The van der Waals surface area contributed by atoms with E-state index in [0.717, 1.165) is 11.5 Å². The third-order valence-electron chi connectivity index (χ3n) is 2.99. The molecule has 20 heavy (non-hydrogen) atoms. The van der Waals surface area contributed by atoms with Crippen LogP contribution in [-0.2, 0) is 6.54 Å². The SMILES string of the molecule is CC(C)c1cc(C(=O)N(C)Cc2ncc[nH]2)cc(N)n1. The normalized spacial score (nSPS) is 10.8. The lowest BCUT2D eigenvalue weighted by Crippen LogP contribution is -2.27. The highest BCUT2D eigenvalue weighted by molar-refractivity contribution is 5.94. The molecule has 6 heteroatoms. The number of H-pyrrole nitrogens is 1. The maximum Gasteiger partial charge on any atom is 0.254 e. The van der Waals surface area contributed by atoms with E-state index in [1.54, 1.807) is 36.5 Å². The minimum Gasteiger partial charge on any atom is -0.384 e. The van der Waals surface area contributed by atoms with Crippen molar-refractivity contribution in [2.75, 3.05) is 12.8 Å². The van der Waals surface area contributed by atoms with Gasteiger partial charge in [0, 0.05) is 30.7 Å². The van der Waals surface area contributed by atoms with E-state index in [1.807, 2.05) is 13.8 Å². The molecule has 0 spiro atoms. The molecule has 0 bridgehead atoms. The van der Waals surface area contributed by atoms with Crippen molar-refractivity contribution >= 4 is 11.7 Å². The summed E-state index contributed by atoms with van der Waals surface area (Å²) in [6, 6.07) is 3.40. The van der Waals surface area contributed by atoms with Gasteiger partial charge in [0.15, 0.2) is 0 Å². The molecule has 0 atom stereocenters. The lowest BCUT2D eigenvalue weighted by Gasteiger charge is -2.17. The van der Waals surface area contributed by atoms with Crippen LogP contribution < -0.4 is 5.73 Å². The Labute approximate surface area is 118 Å². The van der Waals surface area contributed by atoms with Gasteiger partial charge in [-0.05, 0) is 18.1 Å². The summed E-state index contributed by atoms with van der Waals surface area (Å²) in [5.41, 5.74) is 7.14.